The molecule has 1 saturated heterocycles. The maximum atomic E-state index is 12.6. The fraction of sp³-hybridized carbons (Fsp3) is 0.368. The number of nitrogens with zero attached hydrogens (tertiary/aromatic N) is 1. The first kappa shape index (κ1) is 23.6. The average Bonchev–Trinajstić information content (AvgIpc) is 2.66. The molecule has 2 aromatic rings. The van der Waals surface area contributed by atoms with E-state index in [1.165, 1.54) is 12.1 Å². The van der Waals surface area contributed by atoms with Crippen molar-refractivity contribution in [3.05, 3.63) is 52.3 Å². The van der Waals surface area contributed by atoms with Crippen LogP contribution in [0.5, 0.6) is 0 Å². The van der Waals surface area contributed by atoms with Crippen LogP contribution in [0, 0.1) is 5.82 Å². The fourth-order valence-electron chi connectivity index (χ4n) is 2.56. The largest absolute Gasteiger partial charge is 0.383 e. The summed E-state index contributed by atoms with van der Waals surface area (Å²) >= 11 is 15.0. The number of anilines is 1. The molecule has 3 N–H and O–H groups in total. The normalized spacial score (nSPS) is 14.2. The lowest BCUT2D eigenvalue weighted by Crippen LogP contribution is -2.48. The van der Waals surface area contributed by atoms with Crippen molar-refractivity contribution in [2.45, 2.75) is 22.4 Å². The molecule has 1 aliphatic rings. The van der Waals surface area contributed by atoms with Gasteiger partial charge in [0.2, 0.25) is 0 Å². The number of nitrogens with two attached hydrogens (primary N) is 1. The summed E-state index contributed by atoms with van der Waals surface area (Å²) in [5.41, 5.74) is 0.730. The number of likely N-dealkylation sites (tertiary alicyclic amines) is 1. The van der Waals surface area contributed by atoms with Gasteiger partial charge in [0, 0.05) is 36.0 Å². The van der Waals surface area contributed by atoms with E-state index in [4.69, 9.17) is 28.3 Å². The summed E-state index contributed by atoms with van der Waals surface area (Å²) in [7, 11) is 0. The Balaban J connectivity index is 0.000000261. The van der Waals surface area contributed by atoms with Crippen molar-refractivity contribution in [2.75, 3.05) is 37.8 Å². The first-order valence-electron chi connectivity index (χ1n) is 8.68. The second-order valence-corrected chi connectivity index (χ2v) is 8.58. The molecule has 1 fully saturated rings. The Morgan fingerprint density at radius 2 is 1.75 bits per heavy atom. The van der Waals surface area contributed by atoms with Crippen LogP contribution in [0.1, 0.15) is 6.42 Å². The number of hydrogen-bond donors (Lipinski definition) is 2. The van der Waals surface area contributed by atoms with E-state index >= 15 is 0 Å². The minimum Gasteiger partial charge on any atom is -0.383 e. The Kier molecular flexibility index (Phi) is 10.2. The van der Waals surface area contributed by atoms with Crippen molar-refractivity contribution < 1.29 is 8.78 Å². The lowest BCUT2D eigenvalue weighted by Gasteiger charge is -2.34. The standard InChI is InChI=1S/C12H16Cl2FN3S.C7H7FS/c13-10-4-9(19-16)5-11(14)12(10)17-2-1-3-18-6-8(15)7-18;1-9-7-4-2-6(8)3-5-7/h4-5,8,17H,1-3,6-7,16H2;2-5H,1H3. The van der Waals surface area contributed by atoms with Gasteiger partial charge < -0.3 is 5.32 Å². The summed E-state index contributed by atoms with van der Waals surface area (Å²) < 4.78 is 24.8. The zero-order chi connectivity index (χ0) is 20.5. The minimum absolute atomic E-state index is 0.173. The molecule has 0 atom stereocenters. The zero-order valence-electron chi connectivity index (χ0n) is 15.4. The molecule has 0 radical (unpaired) electrons. The Hall–Kier alpha value is -0.700. The fourth-order valence-corrected chi connectivity index (χ4v) is 4.09. The average molecular weight is 466 g/mol. The van der Waals surface area contributed by atoms with E-state index in [-0.39, 0.29) is 5.82 Å². The van der Waals surface area contributed by atoms with Crippen LogP contribution < -0.4 is 10.5 Å². The molecular weight excluding hydrogens is 443 g/mol. The first-order chi connectivity index (χ1) is 13.4. The van der Waals surface area contributed by atoms with Crippen LogP contribution in [-0.2, 0) is 0 Å². The summed E-state index contributed by atoms with van der Waals surface area (Å²) in [4.78, 5) is 4.01. The van der Waals surface area contributed by atoms with Gasteiger partial charge in [-0.1, -0.05) is 23.2 Å². The van der Waals surface area contributed by atoms with Crippen molar-refractivity contribution in [3.8, 4) is 0 Å². The minimum atomic E-state index is -0.641. The summed E-state index contributed by atoms with van der Waals surface area (Å²) in [6.07, 6.45) is 2.25. The smallest absolute Gasteiger partial charge is 0.125 e. The van der Waals surface area contributed by atoms with E-state index in [1.807, 2.05) is 6.26 Å². The Bertz CT molecular complexity index is 721. The molecule has 3 rings (SSSR count). The van der Waals surface area contributed by atoms with E-state index in [9.17, 15) is 8.78 Å². The highest BCUT2D eigenvalue weighted by Crippen LogP contribution is 2.34. The van der Waals surface area contributed by atoms with Gasteiger partial charge in [0.1, 0.15) is 12.0 Å². The van der Waals surface area contributed by atoms with Crippen molar-refractivity contribution >= 4 is 52.6 Å². The maximum Gasteiger partial charge on any atom is 0.125 e. The number of halogens is 4. The van der Waals surface area contributed by atoms with Gasteiger partial charge in [-0.25, -0.2) is 8.78 Å². The van der Waals surface area contributed by atoms with Crippen molar-refractivity contribution in [1.29, 1.82) is 0 Å². The molecule has 28 heavy (non-hydrogen) atoms. The Labute approximate surface area is 183 Å². The highest BCUT2D eigenvalue weighted by molar-refractivity contribution is 7.98. The van der Waals surface area contributed by atoms with Crippen LogP contribution >= 0.6 is 46.9 Å². The maximum absolute atomic E-state index is 12.6. The topological polar surface area (TPSA) is 41.3 Å². The summed E-state index contributed by atoms with van der Waals surface area (Å²) in [5.74, 6) is -0.173. The monoisotopic (exact) mass is 465 g/mol. The third-order valence-corrected chi connectivity index (χ3v) is 5.91. The van der Waals surface area contributed by atoms with Crippen LogP contribution in [-0.4, -0.2) is 43.5 Å². The molecule has 154 valence electrons. The van der Waals surface area contributed by atoms with Gasteiger partial charge in [0.15, 0.2) is 0 Å². The predicted octanol–water partition coefficient (Wildman–Crippen LogP) is 5.96. The molecule has 0 aliphatic carbocycles. The van der Waals surface area contributed by atoms with E-state index in [0.29, 0.717) is 23.1 Å². The molecule has 0 unspecified atom stereocenters. The SMILES string of the molecule is CSc1ccc(F)cc1.NSc1cc(Cl)c(NCCCN2CC(F)C2)c(Cl)c1. The van der Waals surface area contributed by atoms with Crippen LogP contribution in [0.4, 0.5) is 14.5 Å². The molecule has 0 aromatic heterocycles. The second-order valence-electron chi connectivity index (χ2n) is 6.18. The summed E-state index contributed by atoms with van der Waals surface area (Å²) in [6, 6.07) is 10.0. The quantitative estimate of drug-likeness (QED) is 0.299. The third kappa shape index (κ3) is 7.61. The molecule has 1 heterocycles. The second kappa shape index (κ2) is 12.1. The molecular formula is C19H23Cl2F2N3S2. The van der Waals surface area contributed by atoms with E-state index in [0.717, 1.165) is 46.9 Å². The van der Waals surface area contributed by atoms with Crippen LogP contribution in [0.2, 0.25) is 10.0 Å². The lowest BCUT2D eigenvalue weighted by molar-refractivity contribution is 0.0658. The lowest BCUT2D eigenvalue weighted by atomic mass is 10.2. The number of rotatable bonds is 7. The zero-order valence-corrected chi connectivity index (χ0v) is 18.6. The molecule has 2 aromatic carbocycles. The number of benzene rings is 2. The molecule has 0 bridgehead atoms. The van der Waals surface area contributed by atoms with Gasteiger partial charge in [0.05, 0.1) is 15.7 Å². The van der Waals surface area contributed by atoms with E-state index < -0.39 is 6.17 Å². The van der Waals surface area contributed by atoms with E-state index in [2.05, 4.69) is 10.2 Å². The van der Waals surface area contributed by atoms with Gasteiger partial charge in [0.25, 0.3) is 0 Å². The molecule has 0 amide bonds. The van der Waals surface area contributed by atoms with Crippen LogP contribution in [0.15, 0.2) is 46.2 Å². The highest BCUT2D eigenvalue weighted by atomic mass is 35.5. The van der Waals surface area contributed by atoms with Crippen molar-refractivity contribution in [3.63, 3.8) is 0 Å². The molecule has 0 spiro atoms. The van der Waals surface area contributed by atoms with Crippen LogP contribution in [0.3, 0.4) is 0 Å². The molecule has 3 nitrogen and oxygen atoms in total. The first-order valence-corrected chi connectivity index (χ1v) is 11.5. The summed E-state index contributed by atoms with van der Waals surface area (Å²) in [6.45, 7) is 2.76. The van der Waals surface area contributed by atoms with Gasteiger partial charge >= 0.3 is 0 Å². The van der Waals surface area contributed by atoms with Gasteiger partial charge in [-0.05, 0) is 61.0 Å². The molecule has 0 saturated carbocycles. The van der Waals surface area contributed by atoms with Gasteiger partial charge in [-0.15, -0.1) is 11.8 Å². The Morgan fingerprint density at radius 3 is 2.25 bits per heavy atom. The van der Waals surface area contributed by atoms with Crippen molar-refractivity contribution in [2.24, 2.45) is 5.14 Å². The highest BCUT2D eigenvalue weighted by Gasteiger charge is 2.24. The number of thioether (sulfide) groups is 1. The van der Waals surface area contributed by atoms with Crippen LogP contribution in [0.25, 0.3) is 0 Å². The number of nitrogens with one attached hydrogen (secondary N) is 1. The van der Waals surface area contributed by atoms with E-state index in [1.54, 1.807) is 36.0 Å². The third-order valence-electron chi connectivity index (χ3n) is 4.07. The summed E-state index contributed by atoms with van der Waals surface area (Å²) in [5, 5.41) is 9.81. The number of hydrogen-bond acceptors (Lipinski definition) is 5. The molecule has 1 aliphatic heterocycles. The van der Waals surface area contributed by atoms with Gasteiger partial charge in [-0.2, -0.15) is 0 Å². The van der Waals surface area contributed by atoms with Crippen molar-refractivity contribution in [1.82, 2.24) is 4.90 Å². The predicted molar refractivity (Wildman–Crippen MR) is 119 cm³/mol. The van der Waals surface area contributed by atoms with Gasteiger partial charge in [-0.3, -0.25) is 10.0 Å². The Morgan fingerprint density at radius 1 is 1.14 bits per heavy atom. The molecule has 9 heteroatoms. The number of alkyl halides is 1.